The van der Waals surface area contributed by atoms with Gasteiger partial charge in [-0.1, -0.05) is 13.8 Å². The highest BCUT2D eigenvalue weighted by atomic mass is 16.4. The van der Waals surface area contributed by atoms with Gasteiger partial charge >= 0.3 is 5.97 Å². The Labute approximate surface area is 112 Å². The van der Waals surface area contributed by atoms with Gasteiger partial charge in [0.1, 0.15) is 0 Å². The van der Waals surface area contributed by atoms with Crippen LogP contribution in [0, 0.1) is 5.41 Å². The van der Waals surface area contributed by atoms with Crippen molar-refractivity contribution in [3.8, 4) is 0 Å². The van der Waals surface area contributed by atoms with E-state index in [1.165, 1.54) is 0 Å². The number of amides is 1. The SMILES string of the molecule is CC(C)(CCNC(=O)Cc1ccn[nH]1)CCC(=O)O. The van der Waals surface area contributed by atoms with Crippen LogP contribution in [0.2, 0.25) is 0 Å². The fourth-order valence-electron chi connectivity index (χ4n) is 1.73. The van der Waals surface area contributed by atoms with Gasteiger partial charge in [-0.2, -0.15) is 5.10 Å². The zero-order valence-corrected chi connectivity index (χ0v) is 11.4. The monoisotopic (exact) mass is 267 g/mol. The molecule has 19 heavy (non-hydrogen) atoms. The molecule has 3 N–H and O–H groups in total. The molecule has 0 aliphatic carbocycles. The summed E-state index contributed by atoms with van der Waals surface area (Å²) in [4.78, 5) is 22.1. The van der Waals surface area contributed by atoms with Crippen LogP contribution in [0.15, 0.2) is 12.3 Å². The zero-order valence-electron chi connectivity index (χ0n) is 11.4. The van der Waals surface area contributed by atoms with Crippen molar-refractivity contribution in [3.63, 3.8) is 0 Å². The first-order chi connectivity index (χ1) is 8.89. The van der Waals surface area contributed by atoms with Gasteiger partial charge in [-0.3, -0.25) is 14.7 Å². The van der Waals surface area contributed by atoms with Gasteiger partial charge in [-0.15, -0.1) is 0 Å². The van der Waals surface area contributed by atoms with Crippen molar-refractivity contribution in [3.05, 3.63) is 18.0 Å². The van der Waals surface area contributed by atoms with Crippen molar-refractivity contribution >= 4 is 11.9 Å². The maximum atomic E-state index is 11.6. The van der Waals surface area contributed by atoms with Gasteiger partial charge in [0.2, 0.25) is 5.91 Å². The van der Waals surface area contributed by atoms with Crippen LogP contribution >= 0.6 is 0 Å². The molecule has 1 aromatic rings. The lowest BCUT2D eigenvalue weighted by molar-refractivity contribution is -0.137. The number of H-pyrrole nitrogens is 1. The number of hydrogen-bond acceptors (Lipinski definition) is 3. The second-order valence-corrected chi connectivity index (χ2v) is 5.42. The quantitative estimate of drug-likeness (QED) is 0.662. The van der Waals surface area contributed by atoms with Gasteiger partial charge in [-0.05, 0) is 24.3 Å². The van der Waals surface area contributed by atoms with Crippen LogP contribution in [0.3, 0.4) is 0 Å². The van der Waals surface area contributed by atoms with Crippen LogP contribution < -0.4 is 5.32 Å². The van der Waals surface area contributed by atoms with E-state index in [9.17, 15) is 9.59 Å². The number of carbonyl (C=O) groups is 2. The molecule has 0 spiro atoms. The van der Waals surface area contributed by atoms with Gasteiger partial charge in [0.25, 0.3) is 0 Å². The van der Waals surface area contributed by atoms with Crippen molar-refractivity contribution in [2.45, 2.75) is 39.5 Å². The molecule has 0 aliphatic rings. The van der Waals surface area contributed by atoms with E-state index in [1.807, 2.05) is 13.8 Å². The summed E-state index contributed by atoms with van der Waals surface area (Å²) >= 11 is 0. The molecule has 6 nitrogen and oxygen atoms in total. The highest BCUT2D eigenvalue weighted by Gasteiger charge is 2.19. The number of hydrogen-bond donors (Lipinski definition) is 3. The molecule has 1 rings (SSSR count). The lowest BCUT2D eigenvalue weighted by Gasteiger charge is -2.23. The molecule has 0 fully saturated rings. The molecule has 106 valence electrons. The largest absolute Gasteiger partial charge is 0.481 e. The average Bonchev–Trinajstić information content (AvgIpc) is 2.79. The minimum Gasteiger partial charge on any atom is -0.481 e. The van der Waals surface area contributed by atoms with E-state index in [0.29, 0.717) is 13.0 Å². The Morgan fingerprint density at radius 2 is 2.16 bits per heavy atom. The number of carbonyl (C=O) groups excluding carboxylic acids is 1. The predicted octanol–water partition coefficient (Wildman–Crippen LogP) is 1.35. The summed E-state index contributed by atoms with van der Waals surface area (Å²) in [5, 5.41) is 18.0. The summed E-state index contributed by atoms with van der Waals surface area (Å²) in [6.45, 7) is 4.58. The van der Waals surface area contributed by atoms with E-state index < -0.39 is 5.97 Å². The van der Waals surface area contributed by atoms with Crippen LogP contribution in [0.5, 0.6) is 0 Å². The fraction of sp³-hybridized carbons (Fsp3) is 0.615. The van der Waals surface area contributed by atoms with E-state index in [0.717, 1.165) is 12.1 Å². The van der Waals surface area contributed by atoms with E-state index in [4.69, 9.17) is 5.11 Å². The van der Waals surface area contributed by atoms with E-state index in [2.05, 4.69) is 15.5 Å². The maximum Gasteiger partial charge on any atom is 0.303 e. The highest BCUT2D eigenvalue weighted by Crippen LogP contribution is 2.25. The summed E-state index contributed by atoms with van der Waals surface area (Å²) in [5.74, 6) is -0.838. The average molecular weight is 267 g/mol. The van der Waals surface area contributed by atoms with Gasteiger partial charge in [0.05, 0.1) is 6.42 Å². The van der Waals surface area contributed by atoms with Crippen LogP contribution in [0.25, 0.3) is 0 Å². The molecule has 0 atom stereocenters. The molecule has 1 aromatic heterocycles. The molecule has 0 unspecified atom stereocenters. The number of carboxylic acids is 1. The number of nitrogens with one attached hydrogen (secondary N) is 2. The number of rotatable bonds is 8. The fourth-order valence-corrected chi connectivity index (χ4v) is 1.73. The molecule has 0 saturated carbocycles. The maximum absolute atomic E-state index is 11.6. The topological polar surface area (TPSA) is 95.1 Å². The van der Waals surface area contributed by atoms with Crippen molar-refractivity contribution in [2.24, 2.45) is 5.41 Å². The van der Waals surface area contributed by atoms with E-state index in [-0.39, 0.29) is 24.2 Å². The minimum absolute atomic E-state index is 0.0571. The summed E-state index contributed by atoms with van der Waals surface area (Å²) in [6.07, 6.45) is 3.43. The number of carboxylic acid groups (broad SMARTS) is 1. The summed E-state index contributed by atoms with van der Waals surface area (Å²) in [7, 11) is 0. The molecular weight excluding hydrogens is 246 g/mol. The Kier molecular flexibility index (Phi) is 5.54. The van der Waals surface area contributed by atoms with Crippen LogP contribution in [0.4, 0.5) is 0 Å². The van der Waals surface area contributed by atoms with E-state index in [1.54, 1.807) is 12.3 Å². The first-order valence-electron chi connectivity index (χ1n) is 6.36. The number of aromatic nitrogens is 2. The third-order valence-electron chi connectivity index (χ3n) is 3.05. The Morgan fingerprint density at radius 3 is 2.74 bits per heavy atom. The van der Waals surface area contributed by atoms with Crippen LogP contribution in [-0.4, -0.2) is 33.7 Å². The summed E-state index contributed by atoms with van der Waals surface area (Å²) < 4.78 is 0. The van der Waals surface area contributed by atoms with Crippen LogP contribution in [0.1, 0.15) is 38.8 Å². The first kappa shape index (κ1) is 15.2. The number of aromatic amines is 1. The Balaban J connectivity index is 2.21. The molecule has 1 amide bonds. The summed E-state index contributed by atoms with van der Waals surface area (Å²) in [5.41, 5.74) is 0.697. The predicted molar refractivity (Wildman–Crippen MR) is 70.6 cm³/mol. The van der Waals surface area contributed by atoms with Gasteiger partial charge < -0.3 is 10.4 Å². The molecule has 0 bridgehead atoms. The van der Waals surface area contributed by atoms with Gasteiger partial charge in [-0.25, -0.2) is 0 Å². The lowest BCUT2D eigenvalue weighted by Crippen LogP contribution is -2.29. The number of nitrogens with zero attached hydrogens (tertiary/aromatic N) is 1. The van der Waals surface area contributed by atoms with Crippen molar-refractivity contribution in [1.29, 1.82) is 0 Å². The first-order valence-corrected chi connectivity index (χ1v) is 6.36. The van der Waals surface area contributed by atoms with Crippen molar-refractivity contribution in [1.82, 2.24) is 15.5 Å². The lowest BCUT2D eigenvalue weighted by atomic mass is 9.84. The second-order valence-electron chi connectivity index (χ2n) is 5.42. The zero-order chi connectivity index (χ0) is 14.3. The molecule has 0 aliphatic heterocycles. The molecule has 6 heteroatoms. The van der Waals surface area contributed by atoms with E-state index >= 15 is 0 Å². The molecular formula is C13H21N3O3. The van der Waals surface area contributed by atoms with Gasteiger partial charge in [0, 0.05) is 24.9 Å². The molecule has 0 radical (unpaired) electrons. The third-order valence-corrected chi connectivity index (χ3v) is 3.05. The highest BCUT2D eigenvalue weighted by molar-refractivity contribution is 5.77. The molecule has 0 saturated heterocycles. The number of aliphatic carboxylic acids is 1. The van der Waals surface area contributed by atoms with Crippen molar-refractivity contribution < 1.29 is 14.7 Å². The minimum atomic E-state index is -0.781. The smallest absolute Gasteiger partial charge is 0.303 e. The normalized spacial score (nSPS) is 11.3. The second kappa shape index (κ2) is 6.92. The standard InChI is InChI=1S/C13H21N3O3/c1-13(2,5-3-12(18)19)6-8-14-11(17)9-10-4-7-15-16-10/h4,7H,3,5-6,8-9H2,1-2H3,(H,14,17)(H,15,16)(H,18,19). The molecule has 0 aromatic carbocycles. The van der Waals surface area contributed by atoms with Gasteiger partial charge in [0.15, 0.2) is 0 Å². The summed E-state index contributed by atoms with van der Waals surface area (Å²) in [6, 6.07) is 1.76. The third kappa shape index (κ3) is 6.59. The van der Waals surface area contributed by atoms with Crippen molar-refractivity contribution in [2.75, 3.05) is 6.54 Å². The Bertz CT molecular complexity index is 413. The molecule has 1 heterocycles. The van der Waals surface area contributed by atoms with Crippen LogP contribution in [-0.2, 0) is 16.0 Å². The Hall–Kier alpha value is -1.85. The Morgan fingerprint density at radius 1 is 1.42 bits per heavy atom.